The van der Waals surface area contributed by atoms with Crippen LogP contribution in [0.5, 0.6) is 5.88 Å². The van der Waals surface area contributed by atoms with E-state index in [2.05, 4.69) is 22.2 Å². The van der Waals surface area contributed by atoms with E-state index in [9.17, 15) is 14.4 Å². The first-order valence-corrected chi connectivity index (χ1v) is 10.7. The summed E-state index contributed by atoms with van der Waals surface area (Å²) in [6.07, 6.45) is 6.56. The van der Waals surface area contributed by atoms with Crippen molar-refractivity contribution in [2.24, 2.45) is 11.7 Å². The summed E-state index contributed by atoms with van der Waals surface area (Å²) in [5.41, 5.74) is 6.39. The highest BCUT2D eigenvalue weighted by molar-refractivity contribution is 6.40. The van der Waals surface area contributed by atoms with Crippen molar-refractivity contribution in [3.05, 3.63) is 60.0 Å². The molecule has 9 nitrogen and oxygen atoms in total. The Labute approximate surface area is 191 Å². The molecular formula is C24H25N5O4. The molecule has 1 fully saturated rings. The van der Waals surface area contributed by atoms with Gasteiger partial charge in [-0.2, -0.15) is 0 Å². The molecule has 0 unspecified atom stereocenters. The van der Waals surface area contributed by atoms with E-state index in [4.69, 9.17) is 10.5 Å². The van der Waals surface area contributed by atoms with Gasteiger partial charge in [-0.3, -0.25) is 19.4 Å². The number of carbonyl (C=O) groups excluding carboxylic acids is 3. The summed E-state index contributed by atoms with van der Waals surface area (Å²) < 4.78 is 5.07. The first-order chi connectivity index (χ1) is 15.9. The summed E-state index contributed by atoms with van der Waals surface area (Å²) in [4.78, 5) is 47.8. The van der Waals surface area contributed by atoms with Gasteiger partial charge >= 0.3 is 11.8 Å². The minimum Gasteiger partial charge on any atom is -0.480 e. The molecule has 0 aliphatic carbocycles. The summed E-state index contributed by atoms with van der Waals surface area (Å²) in [5, 5.41) is 4.55. The normalized spacial score (nSPS) is 18.1. The van der Waals surface area contributed by atoms with Gasteiger partial charge in [-0.15, -0.1) is 0 Å². The minimum absolute atomic E-state index is 0.0251. The summed E-state index contributed by atoms with van der Waals surface area (Å²) in [5.74, 6) is -2.12. The van der Waals surface area contributed by atoms with E-state index < -0.39 is 17.7 Å². The van der Waals surface area contributed by atoms with Crippen LogP contribution in [-0.4, -0.2) is 46.2 Å². The molecule has 2 atom stereocenters. The fourth-order valence-electron chi connectivity index (χ4n) is 4.28. The van der Waals surface area contributed by atoms with Gasteiger partial charge in [0.05, 0.1) is 18.8 Å². The lowest BCUT2D eigenvalue weighted by Crippen LogP contribution is -2.46. The van der Waals surface area contributed by atoms with Crippen molar-refractivity contribution in [1.29, 1.82) is 0 Å². The summed E-state index contributed by atoms with van der Waals surface area (Å²) in [6, 6.07) is 9.07. The number of fused-ring (bicyclic) bond motifs is 1. The van der Waals surface area contributed by atoms with E-state index in [0.29, 0.717) is 6.54 Å². The van der Waals surface area contributed by atoms with Crippen molar-refractivity contribution in [2.75, 3.05) is 19.0 Å². The molecule has 0 spiro atoms. The number of likely N-dealkylation sites (tertiary alicyclic amines) is 1. The molecule has 1 aliphatic rings. The van der Waals surface area contributed by atoms with Gasteiger partial charge in [-0.05, 0) is 47.9 Å². The van der Waals surface area contributed by atoms with Crippen LogP contribution in [0.2, 0.25) is 0 Å². The van der Waals surface area contributed by atoms with Gasteiger partial charge in [-0.25, -0.2) is 4.98 Å². The monoisotopic (exact) mass is 447 g/mol. The van der Waals surface area contributed by atoms with Crippen molar-refractivity contribution in [3.8, 4) is 5.88 Å². The van der Waals surface area contributed by atoms with Crippen molar-refractivity contribution in [3.63, 3.8) is 0 Å². The van der Waals surface area contributed by atoms with Gasteiger partial charge in [0.15, 0.2) is 0 Å². The highest BCUT2D eigenvalue weighted by Crippen LogP contribution is 2.35. The maximum atomic E-state index is 13.3. The maximum Gasteiger partial charge on any atom is 0.313 e. The van der Waals surface area contributed by atoms with Gasteiger partial charge in [0.2, 0.25) is 5.88 Å². The first-order valence-electron chi connectivity index (χ1n) is 10.7. The number of primary amides is 1. The van der Waals surface area contributed by atoms with Crippen molar-refractivity contribution in [2.45, 2.75) is 25.8 Å². The molecular weight excluding hydrogens is 422 g/mol. The molecule has 0 saturated carbocycles. The van der Waals surface area contributed by atoms with E-state index in [-0.39, 0.29) is 29.1 Å². The Morgan fingerprint density at radius 2 is 1.94 bits per heavy atom. The molecule has 2 aromatic heterocycles. The Hall–Kier alpha value is -4.01. The summed E-state index contributed by atoms with van der Waals surface area (Å²) in [6.45, 7) is 2.51. The lowest BCUT2D eigenvalue weighted by atomic mass is 9.89. The SMILES string of the molecule is COc1nccc(NC(=O)C(=O)N2C[C@@H](C)CC[C@@H]2c2ccc3cnccc3c2)c1C(N)=O. The Bertz CT molecular complexity index is 1230. The molecule has 0 bridgehead atoms. The number of hydrogen-bond acceptors (Lipinski definition) is 6. The van der Waals surface area contributed by atoms with Gasteiger partial charge in [0, 0.05) is 30.5 Å². The number of nitrogens with one attached hydrogen (secondary N) is 1. The van der Waals surface area contributed by atoms with E-state index >= 15 is 0 Å². The standard InChI is InChI=1S/C24H25N5O4/c1-14-3-6-19(16-4-5-17-12-26-9-7-15(17)11-16)29(13-14)24(32)22(31)28-18-8-10-27-23(33-2)20(18)21(25)30/h4-5,7-12,14,19H,3,6,13H2,1-2H3,(H2,25,30)(H,27,28,31)/t14-,19+/m0/s1. The number of aromatic nitrogens is 2. The Kier molecular flexibility index (Phi) is 6.21. The number of nitrogens with two attached hydrogens (primary N) is 1. The Morgan fingerprint density at radius 1 is 1.12 bits per heavy atom. The molecule has 170 valence electrons. The maximum absolute atomic E-state index is 13.3. The quantitative estimate of drug-likeness (QED) is 0.592. The fraction of sp³-hybridized carbons (Fsp3) is 0.292. The third kappa shape index (κ3) is 4.48. The zero-order chi connectivity index (χ0) is 23.5. The van der Waals surface area contributed by atoms with Crippen molar-refractivity contribution >= 4 is 34.2 Å². The smallest absolute Gasteiger partial charge is 0.313 e. The molecule has 1 saturated heterocycles. The van der Waals surface area contributed by atoms with Crippen LogP contribution in [0.25, 0.3) is 10.8 Å². The van der Waals surface area contributed by atoms with Crippen LogP contribution in [0.4, 0.5) is 5.69 Å². The predicted molar refractivity (Wildman–Crippen MR) is 123 cm³/mol. The van der Waals surface area contributed by atoms with E-state index in [0.717, 1.165) is 29.2 Å². The Morgan fingerprint density at radius 3 is 2.70 bits per heavy atom. The van der Waals surface area contributed by atoms with Crippen LogP contribution in [0, 0.1) is 5.92 Å². The number of benzene rings is 1. The average molecular weight is 447 g/mol. The first kappa shape index (κ1) is 22.2. The number of pyridine rings is 2. The molecule has 1 aliphatic heterocycles. The fourth-order valence-corrected chi connectivity index (χ4v) is 4.28. The lowest BCUT2D eigenvalue weighted by Gasteiger charge is -2.38. The molecule has 3 heterocycles. The van der Waals surface area contributed by atoms with Gasteiger partial charge in [0.1, 0.15) is 5.56 Å². The predicted octanol–water partition coefficient (Wildman–Crippen LogP) is 2.68. The van der Waals surface area contributed by atoms with Crippen LogP contribution in [0.3, 0.4) is 0 Å². The van der Waals surface area contributed by atoms with Crippen LogP contribution < -0.4 is 15.8 Å². The van der Waals surface area contributed by atoms with Crippen LogP contribution in [-0.2, 0) is 9.59 Å². The van der Waals surface area contributed by atoms with E-state index in [1.54, 1.807) is 17.3 Å². The number of piperidine rings is 1. The van der Waals surface area contributed by atoms with Crippen LogP contribution in [0.15, 0.2) is 48.9 Å². The second-order valence-corrected chi connectivity index (χ2v) is 8.20. The third-order valence-corrected chi connectivity index (χ3v) is 5.93. The number of amides is 3. The molecule has 9 heteroatoms. The van der Waals surface area contributed by atoms with Crippen molar-refractivity contribution in [1.82, 2.24) is 14.9 Å². The third-order valence-electron chi connectivity index (χ3n) is 5.93. The van der Waals surface area contributed by atoms with Crippen LogP contribution in [0.1, 0.15) is 41.7 Å². The molecule has 3 N–H and O–H groups in total. The molecule has 4 rings (SSSR count). The largest absolute Gasteiger partial charge is 0.480 e. The number of nitrogens with zero attached hydrogens (tertiary/aromatic N) is 3. The number of carbonyl (C=O) groups is 3. The number of hydrogen-bond donors (Lipinski definition) is 2. The molecule has 0 radical (unpaired) electrons. The molecule has 33 heavy (non-hydrogen) atoms. The highest BCUT2D eigenvalue weighted by Gasteiger charge is 2.34. The van der Waals surface area contributed by atoms with Gasteiger partial charge in [-0.1, -0.05) is 19.1 Å². The molecule has 3 amide bonds. The molecule has 1 aromatic carbocycles. The highest BCUT2D eigenvalue weighted by atomic mass is 16.5. The minimum atomic E-state index is -0.852. The summed E-state index contributed by atoms with van der Waals surface area (Å²) in [7, 11) is 1.34. The number of methoxy groups -OCH3 is 1. The molecule has 3 aromatic rings. The Balaban J connectivity index is 1.62. The topological polar surface area (TPSA) is 128 Å². The number of ether oxygens (including phenoxy) is 1. The second kappa shape index (κ2) is 9.23. The van der Waals surface area contributed by atoms with Gasteiger partial charge < -0.3 is 20.7 Å². The van der Waals surface area contributed by atoms with E-state index in [1.807, 2.05) is 24.3 Å². The lowest BCUT2D eigenvalue weighted by molar-refractivity contribution is -0.146. The zero-order valence-electron chi connectivity index (χ0n) is 18.4. The second-order valence-electron chi connectivity index (χ2n) is 8.20. The van der Waals surface area contributed by atoms with E-state index in [1.165, 1.54) is 19.4 Å². The zero-order valence-corrected chi connectivity index (χ0v) is 18.4. The van der Waals surface area contributed by atoms with Crippen LogP contribution >= 0.6 is 0 Å². The summed E-state index contributed by atoms with van der Waals surface area (Å²) >= 11 is 0. The van der Waals surface area contributed by atoms with Crippen molar-refractivity contribution < 1.29 is 19.1 Å². The number of anilines is 1. The average Bonchev–Trinajstić information content (AvgIpc) is 2.82. The number of rotatable bonds is 4. The van der Waals surface area contributed by atoms with Gasteiger partial charge in [0.25, 0.3) is 5.91 Å².